The van der Waals surface area contributed by atoms with Gasteiger partial charge in [0.1, 0.15) is 11.6 Å². The molecule has 0 saturated heterocycles. The second kappa shape index (κ2) is 8.58. The molecule has 0 aromatic carbocycles. The Morgan fingerprint density at radius 2 is 2.16 bits per heavy atom. The molecule has 1 atom stereocenters. The highest BCUT2D eigenvalue weighted by Gasteiger charge is 2.29. The first-order valence-corrected chi connectivity index (χ1v) is 10.2. The third-order valence-corrected chi connectivity index (χ3v) is 5.11. The van der Waals surface area contributed by atoms with E-state index in [9.17, 15) is 4.79 Å². The number of methoxy groups -OCH3 is 1. The van der Waals surface area contributed by atoms with Crippen molar-refractivity contribution in [3.63, 3.8) is 0 Å². The highest BCUT2D eigenvalue weighted by molar-refractivity contribution is 5.77. The van der Waals surface area contributed by atoms with Gasteiger partial charge in [-0.2, -0.15) is 0 Å². The molecule has 1 aliphatic carbocycles. The number of amides is 1. The zero-order valence-electron chi connectivity index (χ0n) is 17.8. The SMILES string of the molecule is COC(=O)N[C@@H](C)CNc1nccc(-c2[nH]c(C3CC3)nc2-c2cnc(N)c(C)c2)n1. The van der Waals surface area contributed by atoms with Crippen molar-refractivity contribution in [3.8, 4) is 22.6 Å². The Bertz CT molecular complexity index is 1090. The van der Waals surface area contributed by atoms with Gasteiger partial charge in [0.05, 0.1) is 24.2 Å². The molecule has 1 aliphatic rings. The summed E-state index contributed by atoms with van der Waals surface area (Å²) >= 11 is 0. The predicted molar refractivity (Wildman–Crippen MR) is 117 cm³/mol. The summed E-state index contributed by atoms with van der Waals surface area (Å²) in [4.78, 5) is 32.9. The molecule has 0 aliphatic heterocycles. The summed E-state index contributed by atoms with van der Waals surface area (Å²) < 4.78 is 4.61. The summed E-state index contributed by atoms with van der Waals surface area (Å²) in [5.74, 6) is 2.38. The number of aryl methyl sites for hydroxylation is 1. The Labute approximate surface area is 180 Å². The Balaban J connectivity index is 1.61. The van der Waals surface area contributed by atoms with Crippen LogP contribution in [0.15, 0.2) is 24.5 Å². The number of rotatable bonds is 7. The molecule has 0 bridgehead atoms. The number of hydrogen-bond acceptors (Lipinski definition) is 8. The van der Waals surface area contributed by atoms with Gasteiger partial charge in [-0.1, -0.05) is 0 Å². The van der Waals surface area contributed by atoms with Crippen LogP contribution in [0.3, 0.4) is 0 Å². The van der Waals surface area contributed by atoms with Crippen molar-refractivity contribution in [1.29, 1.82) is 0 Å². The number of nitrogens with zero attached hydrogens (tertiary/aromatic N) is 4. The average molecular weight is 422 g/mol. The van der Waals surface area contributed by atoms with E-state index in [1.165, 1.54) is 7.11 Å². The lowest BCUT2D eigenvalue weighted by molar-refractivity contribution is 0.168. The lowest BCUT2D eigenvalue weighted by Gasteiger charge is -2.14. The molecule has 0 radical (unpaired) electrons. The second-order valence-electron chi connectivity index (χ2n) is 7.73. The minimum atomic E-state index is -0.480. The van der Waals surface area contributed by atoms with Crippen LogP contribution in [0.2, 0.25) is 0 Å². The average Bonchev–Trinajstić information content (AvgIpc) is 3.52. The fourth-order valence-electron chi connectivity index (χ4n) is 3.19. The first-order valence-electron chi connectivity index (χ1n) is 10.2. The van der Waals surface area contributed by atoms with Crippen molar-refractivity contribution in [2.45, 2.75) is 38.6 Å². The Morgan fingerprint density at radius 3 is 2.87 bits per heavy atom. The summed E-state index contributed by atoms with van der Waals surface area (Å²) in [6.07, 6.45) is 5.21. The van der Waals surface area contributed by atoms with Crippen LogP contribution in [0.25, 0.3) is 22.6 Å². The highest BCUT2D eigenvalue weighted by Crippen LogP contribution is 2.41. The quantitative estimate of drug-likeness (QED) is 0.455. The van der Waals surface area contributed by atoms with Crippen molar-refractivity contribution in [1.82, 2.24) is 30.2 Å². The van der Waals surface area contributed by atoms with E-state index >= 15 is 0 Å². The van der Waals surface area contributed by atoms with E-state index in [2.05, 4.69) is 35.3 Å². The maximum atomic E-state index is 11.3. The van der Waals surface area contributed by atoms with E-state index in [1.807, 2.05) is 26.0 Å². The van der Waals surface area contributed by atoms with Crippen LogP contribution in [-0.2, 0) is 4.74 Å². The van der Waals surface area contributed by atoms with Crippen LogP contribution in [0, 0.1) is 6.92 Å². The number of pyridine rings is 1. The topological polar surface area (TPSA) is 144 Å². The van der Waals surface area contributed by atoms with Crippen LogP contribution in [0.5, 0.6) is 0 Å². The van der Waals surface area contributed by atoms with Gasteiger partial charge in [0.15, 0.2) is 0 Å². The molecule has 3 aromatic heterocycles. The van der Waals surface area contributed by atoms with Crippen molar-refractivity contribution >= 4 is 17.9 Å². The zero-order chi connectivity index (χ0) is 22.0. The minimum absolute atomic E-state index is 0.160. The maximum Gasteiger partial charge on any atom is 0.407 e. The molecule has 4 rings (SSSR count). The molecular weight excluding hydrogens is 396 g/mol. The molecule has 1 saturated carbocycles. The largest absolute Gasteiger partial charge is 0.453 e. The van der Waals surface area contributed by atoms with Crippen LogP contribution in [0.1, 0.15) is 37.1 Å². The number of nitrogens with two attached hydrogens (primary N) is 1. The fraction of sp³-hybridized carbons (Fsp3) is 0.381. The lowest BCUT2D eigenvalue weighted by atomic mass is 10.1. The summed E-state index contributed by atoms with van der Waals surface area (Å²) in [5.41, 5.74) is 10.0. The minimum Gasteiger partial charge on any atom is -0.453 e. The van der Waals surface area contributed by atoms with Crippen molar-refractivity contribution in [2.75, 3.05) is 24.7 Å². The third kappa shape index (κ3) is 4.73. The van der Waals surface area contributed by atoms with Crippen LogP contribution < -0.4 is 16.4 Å². The summed E-state index contributed by atoms with van der Waals surface area (Å²) in [6.45, 7) is 4.23. The maximum absolute atomic E-state index is 11.3. The van der Waals surface area contributed by atoms with Crippen molar-refractivity contribution < 1.29 is 9.53 Å². The number of aromatic nitrogens is 5. The predicted octanol–water partition coefficient (Wildman–Crippen LogP) is 2.85. The molecule has 0 spiro atoms. The van der Waals surface area contributed by atoms with Crippen molar-refractivity contribution in [2.24, 2.45) is 0 Å². The number of hydrogen-bond donors (Lipinski definition) is 4. The van der Waals surface area contributed by atoms with Crippen LogP contribution in [-0.4, -0.2) is 50.7 Å². The van der Waals surface area contributed by atoms with Gasteiger partial charge in [0.25, 0.3) is 0 Å². The van der Waals surface area contributed by atoms with E-state index < -0.39 is 6.09 Å². The molecule has 1 amide bonds. The van der Waals surface area contributed by atoms with Gasteiger partial charge in [-0.15, -0.1) is 0 Å². The zero-order valence-corrected chi connectivity index (χ0v) is 17.8. The normalized spacial score (nSPS) is 14.2. The van der Waals surface area contributed by atoms with Gasteiger partial charge in [-0.25, -0.2) is 24.7 Å². The van der Waals surface area contributed by atoms with Crippen molar-refractivity contribution in [3.05, 3.63) is 35.9 Å². The molecule has 10 nitrogen and oxygen atoms in total. The Kier molecular flexibility index (Phi) is 5.70. The van der Waals surface area contributed by atoms with Crippen LogP contribution >= 0.6 is 0 Å². The molecule has 31 heavy (non-hydrogen) atoms. The molecule has 0 unspecified atom stereocenters. The number of aromatic amines is 1. The number of ether oxygens (including phenoxy) is 1. The van der Waals surface area contributed by atoms with E-state index in [4.69, 9.17) is 10.7 Å². The molecule has 1 fully saturated rings. The van der Waals surface area contributed by atoms with E-state index in [0.717, 1.165) is 46.9 Å². The molecule has 3 heterocycles. The second-order valence-corrected chi connectivity index (χ2v) is 7.73. The third-order valence-electron chi connectivity index (χ3n) is 5.11. The molecule has 5 N–H and O–H groups in total. The number of H-pyrrole nitrogens is 1. The summed E-state index contributed by atoms with van der Waals surface area (Å²) in [6, 6.07) is 3.67. The number of anilines is 2. The summed E-state index contributed by atoms with van der Waals surface area (Å²) in [5, 5.41) is 5.84. The lowest BCUT2D eigenvalue weighted by Crippen LogP contribution is -2.37. The van der Waals surface area contributed by atoms with Gasteiger partial charge in [0, 0.05) is 36.5 Å². The van der Waals surface area contributed by atoms with E-state index in [1.54, 1.807) is 12.4 Å². The number of nitrogen functional groups attached to an aromatic ring is 1. The Hall–Kier alpha value is -3.69. The van der Waals surface area contributed by atoms with Gasteiger partial charge in [-0.05, 0) is 44.4 Å². The van der Waals surface area contributed by atoms with Gasteiger partial charge in [0.2, 0.25) is 5.95 Å². The molecule has 162 valence electrons. The van der Waals surface area contributed by atoms with E-state index in [-0.39, 0.29) is 6.04 Å². The van der Waals surface area contributed by atoms with Crippen LogP contribution in [0.4, 0.5) is 16.6 Å². The fourth-order valence-corrected chi connectivity index (χ4v) is 3.19. The van der Waals surface area contributed by atoms with Gasteiger partial charge < -0.3 is 26.1 Å². The first kappa shape index (κ1) is 20.6. The monoisotopic (exact) mass is 422 g/mol. The van der Waals surface area contributed by atoms with Gasteiger partial charge in [-0.3, -0.25) is 0 Å². The number of nitrogens with one attached hydrogen (secondary N) is 3. The number of carbonyl (C=O) groups is 1. The molecule has 3 aromatic rings. The smallest absolute Gasteiger partial charge is 0.407 e. The van der Waals surface area contributed by atoms with Gasteiger partial charge >= 0.3 is 6.09 Å². The Morgan fingerprint density at radius 1 is 1.35 bits per heavy atom. The van der Waals surface area contributed by atoms with E-state index in [0.29, 0.717) is 24.2 Å². The number of alkyl carbamates (subject to hydrolysis) is 1. The number of carbonyl (C=O) groups excluding carboxylic acids is 1. The number of imidazole rings is 1. The highest BCUT2D eigenvalue weighted by atomic mass is 16.5. The first-order chi connectivity index (χ1) is 14.9. The molecular formula is C21H26N8O2. The standard InChI is InChI=1S/C21H26N8O2/c1-11-8-14(10-24-18(11)22)16-17(29-19(28-16)13-4-5-13)15-6-7-23-20(27-15)25-9-12(2)26-21(30)31-3/h6-8,10,12-13H,4-5,9H2,1-3H3,(H2,22,24)(H,26,30)(H,28,29)(H,23,25,27)/t12-/m0/s1. The molecule has 10 heteroatoms. The summed E-state index contributed by atoms with van der Waals surface area (Å²) in [7, 11) is 1.33.